The van der Waals surface area contributed by atoms with Gasteiger partial charge < -0.3 is 43.4 Å². The van der Waals surface area contributed by atoms with E-state index >= 15 is 0 Å². The van der Waals surface area contributed by atoms with Crippen molar-refractivity contribution in [2.75, 3.05) is 12.3 Å². The largest absolute Gasteiger partial charge is 0.480 e. The molecule has 0 heterocycles. The number of rotatable bonds is 15. The molecule has 0 aromatic heterocycles. The summed E-state index contributed by atoms with van der Waals surface area (Å²) in [7, 11) is 0. The monoisotopic (exact) mass is 525 g/mol. The number of aliphatic hydroxyl groups excluding tert-OH is 1. The van der Waals surface area contributed by atoms with E-state index in [-0.39, 0.29) is 37.5 Å². The first-order chi connectivity index (χ1) is 17.0. The predicted molar refractivity (Wildman–Crippen MR) is 137 cm³/mol. The van der Waals surface area contributed by atoms with Gasteiger partial charge in [-0.25, -0.2) is 4.79 Å². The molecule has 0 spiro atoms. The summed E-state index contributed by atoms with van der Waals surface area (Å²) in [6.07, 6.45) is -0.783. The minimum atomic E-state index is -1.41. The van der Waals surface area contributed by atoms with Crippen molar-refractivity contribution >= 4 is 42.3 Å². The summed E-state index contributed by atoms with van der Waals surface area (Å²) in [4.78, 5) is 53.2. The van der Waals surface area contributed by atoms with Crippen molar-refractivity contribution in [1.82, 2.24) is 16.0 Å². The molecule has 200 valence electrons. The average Bonchev–Trinajstić information content (AvgIpc) is 2.82. The fourth-order valence-corrected chi connectivity index (χ4v) is 3.37. The highest BCUT2D eigenvalue weighted by Crippen LogP contribution is 2.04. The molecular formula is C22H35N7O6S. The molecule has 0 saturated heterocycles. The van der Waals surface area contributed by atoms with E-state index in [9.17, 15) is 29.4 Å². The van der Waals surface area contributed by atoms with Gasteiger partial charge in [0.15, 0.2) is 5.96 Å². The molecule has 0 aliphatic carbocycles. The van der Waals surface area contributed by atoms with Crippen LogP contribution in [0.15, 0.2) is 35.3 Å². The number of nitrogens with one attached hydrogen (secondary N) is 3. The van der Waals surface area contributed by atoms with Crippen LogP contribution in [0.1, 0.15) is 25.3 Å². The summed E-state index contributed by atoms with van der Waals surface area (Å²) in [6, 6.07) is 4.12. The molecule has 1 rings (SSSR count). The number of carboxylic acid groups (broad SMARTS) is 1. The second kappa shape index (κ2) is 15.6. The fraction of sp³-hybridized carbons (Fsp3) is 0.500. The molecule has 1 aromatic rings. The Labute approximate surface area is 214 Å². The van der Waals surface area contributed by atoms with Crippen LogP contribution in [0.25, 0.3) is 0 Å². The van der Waals surface area contributed by atoms with Crippen LogP contribution < -0.4 is 33.2 Å². The summed E-state index contributed by atoms with van der Waals surface area (Å²) in [6.45, 7) is 1.47. The highest BCUT2D eigenvalue weighted by molar-refractivity contribution is 7.80. The molecule has 0 bridgehead atoms. The van der Waals surface area contributed by atoms with E-state index in [2.05, 4.69) is 33.6 Å². The summed E-state index contributed by atoms with van der Waals surface area (Å²) < 4.78 is 0. The van der Waals surface area contributed by atoms with Gasteiger partial charge in [-0.05, 0) is 31.7 Å². The Kier molecular flexibility index (Phi) is 13.3. The van der Waals surface area contributed by atoms with E-state index in [1.54, 1.807) is 24.3 Å². The molecule has 0 radical (unpaired) electrons. The molecule has 5 unspecified atom stereocenters. The molecule has 5 atom stereocenters. The van der Waals surface area contributed by atoms with Crippen LogP contribution in [0.5, 0.6) is 0 Å². The number of aliphatic carboxylic acids is 1. The Bertz CT molecular complexity index is 911. The van der Waals surface area contributed by atoms with Crippen molar-refractivity contribution in [1.29, 1.82) is 0 Å². The minimum absolute atomic E-state index is 0.0384. The zero-order valence-corrected chi connectivity index (χ0v) is 20.9. The Balaban J connectivity index is 2.76. The van der Waals surface area contributed by atoms with E-state index in [0.29, 0.717) is 0 Å². The highest BCUT2D eigenvalue weighted by atomic mass is 32.1. The van der Waals surface area contributed by atoms with Crippen LogP contribution in [0.3, 0.4) is 0 Å². The van der Waals surface area contributed by atoms with E-state index in [4.69, 9.17) is 17.2 Å². The smallest absolute Gasteiger partial charge is 0.326 e. The maximum atomic E-state index is 12.8. The number of nitrogens with zero attached hydrogens (tertiary/aromatic N) is 1. The number of carboxylic acids is 1. The SMILES string of the molecule is CC(O)C(NC(=O)C(N)Cc1ccccc1)C(=O)NC(CS)C(=O)NC(CCCN=C(N)N)C(=O)O. The normalized spacial score (nSPS) is 14.9. The number of hydrogen-bond donors (Lipinski definition) is 9. The Morgan fingerprint density at radius 3 is 2.14 bits per heavy atom. The fourth-order valence-electron chi connectivity index (χ4n) is 3.12. The lowest BCUT2D eigenvalue weighted by Crippen LogP contribution is -2.60. The molecule has 1 aromatic carbocycles. The van der Waals surface area contributed by atoms with Crippen molar-refractivity contribution in [3.05, 3.63) is 35.9 Å². The first kappa shape index (κ1) is 30.7. The second-order valence-electron chi connectivity index (χ2n) is 8.12. The van der Waals surface area contributed by atoms with Gasteiger partial charge in [0.25, 0.3) is 0 Å². The lowest BCUT2D eigenvalue weighted by molar-refractivity contribution is -0.142. The number of carbonyl (C=O) groups is 4. The van der Waals surface area contributed by atoms with Gasteiger partial charge in [-0.15, -0.1) is 0 Å². The van der Waals surface area contributed by atoms with E-state index < -0.39 is 54.0 Å². The quantitative estimate of drug-likeness (QED) is 0.0507. The third-order valence-electron chi connectivity index (χ3n) is 5.07. The number of aliphatic hydroxyl groups is 1. The number of hydrogen-bond acceptors (Lipinski definition) is 8. The van der Waals surface area contributed by atoms with Gasteiger partial charge >= 0.3 is 5.97 Å². The lowest BCUT2D eigenvalue weighted by Gasteiger charge is -2.26. The van der Waals surface area contributed by atoms with Gasteiger partial charge in [0.1, 0.15) is 18.1 Å². The van der Waals surface area contributed by atoms with Crippen molar-refractivity contribution in [3.8, 4) is 0 Å². The first-order valence-electron chi connectivity index (χ1n) is 11.2. The number of aliphatic imine (C=N–C) groups is 1. The highest BCUT2D eigenvalue weighted by Gasteiger charge is 2.32. The maximum absolute atomic E-state index is 12.8. The van der Waals surface area contributed by atoms with E-state index in [1.807, 2.05) is 6.07 Å². The van der Waals surface area contributed by atoms with Crippen molar-refractivity contribution in [2.24, 2.45) is 22.2 Å². The van der Waals surface area contributed by atoms with Gasteiger partial charge in [-0.1, -0.05) is 30.3 Å². The van der Waals surface area contributed by atoms with Gasteiger partial charge in [-0.3, -0.25) is 19.4 Å². The molecule has 11 N–H and O–H groups in total. The standard InChI is InChI=1S/C22H35N7O6S/c1-12(30)17(29-18(31)14(23)10-13-6-3-2-4-7-13)20(33)28-16(11-36)19(32)27-15(21(34)35)8-5-9-26-22(24)25/h2-4,6-7,12,14-17,30,36H,5,8-11,23H2,1H3,(H,27,32)(H,28,33)(H,29,31)(H,34,35)(H4,24,25,26). The summed E-state index contributed by atoms with van der Waals surface area (Å²) in [5.74, 6) is -3.92. The number of thiol groups is 1. The van der Waals surface area contributed by atoms with Gasteiger partial charge in [0, 0.05) is 12.3 Å². The van der Waals surface area contributed by atoms with Crippen molar-refractivity contribution in [3.63, 3.8) is 0 Å². The third-order valence-corrected chi connectivity index (χ3v) is 5.44. The second-order valence-corrected chi connectivity index (χ2v) is 8.48. The van der Waals surface area contributed by atoms with Crippen LogP contribution in [-0.4, -0.2) is 82.4 Å². The Morgan fingerprint density at radius 2 is 1.61 bits per heavy atom. The summed E-state index contributed by atoms with van der Waals surface area (Å²) in [5, 5.41) is 26.6. The third kappa shape index (κ3) is 10.9. The van der Waals surface area contributed by atoms with Crippen LogP contribution in [0.2, 0.25) is 0 Å². The average molecular weight is 526 g/mol. The number of guanidine groups is 1. The molecule has 0 aliphatic heterocycles. The molecule has 14 heteroatoms. The topological polar surface area (TPSA) is 235 Å². The Morgan fingerprint density at radius 1 is 1.00 bits per heavy atom. The van der Waals surface area contributed by atoms with Gasteiger partial charge in [0.2, 0.25) is 17.7 Å². The Hall–Kier alpha value is -3.36. The number of amides is 3. The van der Waals surface area contributed by atoms with E-state index in [0.717, 1.165) is 5.56 Å². The molecule has 0 aliphatic rings. The molecule has 0 fully saturated rings. The van der Waals surface area contributed by atoms with Crippen LogP contribution in [0, 0.1) is 0 Å². The number of nitrogens with two attached hydrogens (primary N) is 3. The predicted octanol–water partition coefficient (Wildman–Crippen LogP) is -2.54. The zero-order valence-electron chi connectivity index (χ0n) is 20.0. The molecular weight excluding hydrogens is 490 g/mol. The van der Waals surface area contributed by atoms with Gasteiger partial charge in [0.05, 0.1) is 12.1 Å². The van der Waals surface area contributed by atoms with Crippen molar-refractivity contribution in [2.45, 2.75) is 56.5 Å². The minimum Gasteiger partial charge on any atom is -0.480 e. The lowest BCUT2D eigenvalue weighted by atomic mass is 10.0. The molecule has 0 saturated carbocycles. The van der Waals surface area contributed by atoms with Crippen molar-refractivity contribution < 1.29 is 29.4 Å². The van der Waals surface area contributed by atoms with E-state index in [1.165, 1.54) is 6.92 Å². The zero-order chi connectivity index (χ0) is 27.3. The molecule has 36 heavy (non-hydrogen) atoms. The number of benzene rings is 1. The van der Waals surface area contributed by atoms with Crippen LogP contribution >= 0.6 is 12.6 Å². The summed E-state index contributed by atoms with van der Waals surface area (Å²) in [5.41, 5.74) is 17.2. The summed E-state index contributed by atoms with van der Waals surface area (Å²) >= 11 is 4.05. The molecule has 13 nitrogen and oxygen atoms in total. The first-order valence-corrected chi connectivity index (χ1v) is 11.9. The van der Waals surface area contributed by atoms with Crippen LogP contribution in [-0.2, 0) is 25.6 Å². The van der Waals surface area contributed by atoms with Crippen LogP contribution in [0.4, 0.5) is 0 Å². The number of carbonyl (C=O) groups excluding carboxylic acids is 3. The van der Waals surface area contributed by atoms with Gasteiger partial charge in [-0.2, -0.15) is 12.6 Å². The molecule has 3 amide bonds. The maximum Gasteiger partial charge on any atom is 0.326 e.